The molecule has 2 aromatic heterocycles. The van der Waals surface area contributed by atoms with Crippen molar-refractivity contribution in [3.8, 4) is 11.5 Å². The van der Waals surface area contributed by atoms with Gasteiger partial charge in [0.15, 0.2) is 11.2 Å². The van der Waals surface area contributed by atoms with Gasteiger partial charge in [-0.1, -0.05) is 0 Å². The number of hydrogen-bond donors (Lipinski definition) is 4. The molecule has 3 aromatic rings. The summed E-state index contributed by atoms with van der Waals surface area (Å²) in [5.41, 5.74) is -0.912. The standard InChI is InChI=1S/C19H25N5O6/c1-11(25)8-20-18-21-16-15(17(27)22-19(28)23(16)2)24(18)9-12(26)10-30-14-6-4-13(29-3)5-7-14/h4-7,11-12,25-26H,8-10H2,1-3H3,(H,20,21)(H,22,27,28). The van der Waals surface area contributed by atoms with Gasteiger partial charge in [-0.25, -0.2) is 4.79 Å². The summed E-state index contributed by atoms with van der Waals surface area (Å²) in [5.74, 6) is 1.49. The SMILES string of the molecule is COc1ccc(OCC(O)Cn2c(NCC(C)O)nc3c2c(=O)[nH]c(=O)n3C)cc1. The highest BCUT2D eigenvalue weighted by Crippen LogP contribution is 2.19. The molecule has 0 fully saturated rings. The number of aliphatic hydroxyl groups excluding tert-OH is 2. The number of benzene rings is 1. The van der Waals surface area contributed by atoms with Crippen molar-refractivity contribution >= 4 is 17.1 Å². The first-order valence-electron chi connectivity index (χ1n) is 9.36. The van der Waals surface area contributed by atoms with Crippen LogP contribution >= 0.6 is 0 Å². The van der Waals surface area contributed by atoms with Crippen molar-refractivity contribution in [3.63, 3.8) is 0 Å². The highest BCUT2D eigenvalue weighted by atomic mass is 16.5. The first kappa shape index (κ1) is 21.4. The normalized spacial score (nSPS) is 13.2. The molecule has 11 nitrogen and oxygen atoms in total. The second kappa shape index (κ2) is 9.01. The fourth-order valence-electron chi connectivity index (χ4n) is 2.91. The van der Waals surface area contributed by atoms with E-state index in [9.17, 15) is 19.8 Å². The molecule has 0 aliphatic rings. The van der Waals surface area contributed by atoms with Crippen molar-refractivity contribution in [1.29, 1.82) is 0 Å². The second-order valence-electron chi connectivity index (χ2n) is 6.91. The maximum Gasteiger partial charge on any atom is 0.329 e. The van der Waals surface area contributed by atoms with Crippen LogP contribution < -0.4 is 26.0 Å². The first-order valence-corrected chi connectivity index (χ1v) is 9.36. The van der Waals surface area contributed by atoms with E-state index in [1.165, 1.54) is 16.2 Å². The van der Waals surface area contributed by atoms with E-state index in [2.05, 4.69) is 15.3 Å². The molecule has 0 saturated carbocycles. The van der Waals surface area contributed by atoms with Crippen LogP contribution in [0.4, 0.5) is 5.95 Å². The van der Waals surface area contributed by atoms with Gasteiger partial charge >= 0.3 is 5.69 Å². The Balaban J connectivity index is 1.85. The van der Waals surface area contributed by atoms with Crippen LogP contribution in [0, 0.1) is 0 Å². The minimum Gasteiger partial charge on any atom is -0.497 e. The van der Waals surface area contributed by atoms with Crippen LogP contribution in [0.5, 0.6) is 11.5 Å². The molecule has 2 atom stereocenters. The van der Waals surface area contributed by atoms with Crippen LogP contribution in [-0.4, -0.2) is 61.8 Å². The average molecular weight is 419 g/mol. The van der Waals surface area contributed by atoms with Crippen molar-refractivity contribution in [2.45, 2.75) is 25.7 Å². The van der Waals surface area contributed by atoms with Gasteiger partial charge in [0.25, 0.3) is 5.56 Å². The first-order chi connectivity index (χ1) is 14.3. The molecule has 162 valence electrons. The molecule has 2 heterocycles. The van der Waals surface area contributed by atoms with Gasteiger partial charge in [-0.3, -0.25) is 14.3 Å². The monoisotopic (exact) mass is 419 g/mol. The zero-order chi connectivity index (χ0) is 21.8. The van der Waals surface area contributed by atoms with Crippen LogP contribution in [0.15, 0.2) is 33.9 Å². The third-order valence-corrected chi connectivity index (χ3v) is 4.46. The third-order valence-electron chi connectivity index (χ3n) is 4.46. The molecule has 1 aromatic carbocycles. The molecule has 0 amide bonds. The molecule has 4 N–H and O–H groups in total. The third kappa shape index (κ3) is 4.63. The Kier molecular flexibility index (Phi) is 6.43. The Morgan fingerprint density at radius 1 is 1.20 bits per heavy atom. The average Bonchev–Trinajstić information content (AvgIpc) is 3.08. The van der Waals surface area contributed by atoms with Gasteiger partial charge in [0.2, 0.25) is 5.95 Å². The van der Waals surface area contributed by atoms with E-state index in [1.54, 1.807) is 38.3 Å². The van der Waals surface area contributed by atoms with Gasteiger partial charge < -0.3 is 29.6 Å². The molecule has 0 aliphatic carbocycles. The smallest absolute Gasteiger partial charge is 0.329 e. The molecule has 0 bridgehead atoms. The number of aryl methyl sites for hydroxylation is 1. The fraction of sp³-hybridized carbons (Fsp3) is 0.421. The minimum absolute atomic E-state index is 0.0178. The minimum atomic E-state index is -0.978. The number of rotatable bonds is 9. The maximum atomic E-state index is 12.4. The number of nitrogens with one attached hydrogen (secondary N) is 2. The lowest BCUT2D eigenvalue weighted by Crippen LogP contribution is -2.31. The van der Waals surface area contributed by atoms with Crippen molar-refractivity contribution < 1.29 is 19.7 Å². The Bertz CT molecular complexity index is 1120. The molecule has 0 aliphatic heterocycles. The van der Waals surface area contributed by atoms with E-state index in [0.29, 0.717) is 11.5 Å². The van der Waals surface area contributed by atoms with E-state index in [4.69, 9.17) is 9.47 Å². The molecule has 30 heavy (non-hydrogen) atoms. The summed E-state index contributed by atoms with van der Waals surface area (Å²) < 4.78 is 13.4. The second-order valence-corrected chi connectivity index (χ2v) is 6.91. The highest BCUT2D eigenvalue weighted by molar-refractivity contribution is 5.74. The van der Waals surface area contributed by atoms with E-state index >= 15 is 0 Å². The number of aliphatic hydroxyl groups is 2. The van der Waals surface area contributed by atoms with Crippen molar-refractivity contribution in [1.82, 2.24) is 19.1 Å². The summed E-state index contributed by atoms with van der Waals surface area (Å²) in [6.07, 6.45) is -1.64. The zero-order valence-corrected chi connectivity index (χ0v) is 17.0. The molecule has 2 unspecified atom stereocenters. The van der Waals surface area contributed by atoms with Crippen molar-refractivity contribution in [2.24, 2.45) is 7.05 Å². The zero-order valence-electron chi connectivity index (χ0n) is 17.0. The van der Waals surface area contributed by atoms with Crippen LogP contribution in [0.1, 0.15) is 6.92 Å². The van der Waals surface area contributed by atoms with E-state index in [1.807, 2.05) is 0 Å². The van der Waals surface area contributed by atoms with Crippen molar-refractivity contribution in [2.75, 3.05) is 25.6 Å². The van der Waals surface area contributed by atoms with Gasteiger partial charge in [0.1, 0.15) is 24.2 Å². The Morgan fingerprint density at radius 3 is 2.50 bits per heavy atom. The molecule has 11 heteroatoms. The van der Waals surface area contributed by atoms with Crippen LogP contribution in [0.25, 0.3) is 11.2 Å². The Morgan fingerprint density at radius 2 is 1.87 bits per heavy atom. The summed E-state index contributed by atoms with van der Waals surface area (Å²) in [5, 5.41) is 23.0. The lowest BCUT2D eigenvalue weighted by molar-refractivity contribution is 0.0937. The number of imidazole rings is 1. The largest absolute Gasteiger partial charge is 0.497 e. The van der Waals surface area contributed by atoms with E-state index in [-0.39, 0.29) is 36.8 Å². The highest BCUT2D eigenvalue weighted by Gasteiger charge is 2.20. The lowest BCUT2D eigenvalue weighted by Gasteiger charge is -2.16. The number of H-pyrrole nitrogens is 1. The topological polar surface area (TPSA) is 144 Å². The summed E-state index contributed by atoms with van der Waals surface area (Å²) in [6.45, 7) is 1.72. The molecule has 0 saturated heterocycles. The quantitative estimate of drug-likeness (QED) is 0.369. The van der Waals surface area contributed by atoms with E-state index < -0.39 is 23.5 Å². The van der Waals surface area contributed by atoms with Crippen molar-refractivity contribution in [3.05, 3.63) is 45.1 Å². The number of aromatic nitrogens is 4. The molecular weight excluding hydrogens is 394 g/mol. The van der Waals surface area contributed by atoms with E-state index in [0.717, 1.165) is 0 Å². The maximum absolute atomic E-state index is 12.4. The van der Waals surface area contributed by atoms with Gasteiger partial charge in [-0.2, -0.15) is 4.98 Å². The number of anilines is 1. The molecule has 0 spiro atoms. The number of fused-ring (bicyclic) bond motifs is 1. The Labute approximate surface area is 171 Å². The predicted molar refractivity (Wildman–Crippen MR) is 110 cm³/mol. The summed E-state index contributed by atoms with van der Waals surface area (Å²) in [7, 11) is 3.05. The number of methoxy groups -OCH3 is 1. The van der Waals surface area contributed by atoms with Crippen LogP contribution in [0.2, 0.25) is 0 Å². The number of hydrogen-bond acceptors (Lipinski definition) is 8. The molecular formula is C19H25N5O6. The van der Waals surface area contributed by atoms with Gasteiger partial charge in [0.05, 0.1) is 19.8 Å². The summed E-state index contributed by atoms with van der Waals surface area (Å²) in [6, 6.07) is 6.91. The Hall–Kier alpha value is -3.31. The number of nitrogens with zero attached hydrogens (tertiary/aromatic N) is 3. The van der Waals surface area contributed by atoms with Gasteiger partial charge in [-0.15, -0.1) is 0 Å². The van der Waals surface area contributed by atoms with Gasteiger partial charge in [0, 0.05) is 13.6 Å². The number of aromatic amines is 1. The fourth-order valence-corrected chi connectivity index (χ4v) is 2.91. The van der Waals surface area contributed by atoms with Crippen LogP contribution in [-0.2, 0) is 13.6 Å². The summed E-state index contributed by atoms with van der Waals surface area (Å²) >= 11 is 0. The molecule has 3 rings (SSSR count). The summed E-state index contributed by atoms with van der Waals surface area (Å²) in [4.78, 5) is 30.8. The molecule has 0 radical (unpaired) electrons. The number of ether oxygens (including phenoxy) is 2. The van der Waals surface area contributed by atoms with Gasteiger partial charge in [-0.05, 0) is 31.2 Å². The van der Waals surface area contributed by atoms with Crippen LogP contribution in [0.3, 0.4) is 0 Å². The lowest BCUT2D eigenvalue weighted by atomic mass is 10.3. The predicted octanol–water partition coefficient (Wildman–Crippen LogP) is -0.335.